The molecule has 0 aliphatic carbocycles. The molecule has 0 saturated carbocycles. The van der Waals surface area contributed by atoms with Gasteiger partial charge in [0.1, 0.15) is 0 Å². The molecule has 1 saturated heterocycles. The first-order valence-electron chi connectivity index (χ1n) is 6.15. The Morgan fingerprint density at radius 3 is 3.12 bits per heavy atom. The number of carbonyl (C=O) groups is 1. The number of Topliss-reactive ketones (excluding diaryl/α,β-unsaturated/α-hetero) is 1. The summed E-state index contributed by atoms with van der Waals surface area (Å²) in [6.45, 7) is 5.20. The highest BCUT2D eigenvalue weighted by molar-refractivity contribution is 5.95. The van der Waals surface area contributed by atoms with Gasteiger partial charge in [0.25, 0.3) is 0 Å². The average molecular weight is 224 g/mol. The molecule has 0 amide bonds. The Hall–Kier alpha value is -0.870. The standard InChI is InChI=1S/C12H20N2O2/c15-11(12-4-1-2-9-16-12)10-14-7-3-5-13-6-8-14/h4,13H,1-3,5-10H2. The van der Waals surface area contributed by atoms with Crippen molar-refractivity contribution in [3.05, 3.63) is 11.8 Å². The highest BCUT2D eigenvalue weighted by Gasteiger charge is 2.18. The van der Waals surface area contributed by atoms with Crippen LogP contribution in [0.2, 0.25) is 0 Å². The summed E-state index contributed by atoms with van der Waals surface area (Å²) in [6.07, 6.45) is 5.06. The van der Waals surface area contributed by atoms with Crippen molar-refractivity contribution in [3.8, 4) is 0 Å². The molecule has 0 aromatic rings. The van der Waals surface area contributed by atoms with E-state index in [1.807, 2.05) is 6.08 Å². The van der Waals surface area contributed by atoms with Crippen LogP contribution in [-0.2, 0) is 9.53 Å². The van der Waals surface area contributed by atoms with E-state index in [1.165, 1.54) is 0 Å². The molecule has 0 aromatic carbocycles. The van der Waals surface area contributed by atoms with E-state index in [2.05, 4.69) is 10.2 Å². The van der Waals surface area contributed by atoms with E-state index in [1.54, 1.807) is 0 Å². The smallest absolute Gasteiger partial charge is 0.210 e. The molecule has 0 aromatic heterocycles. The fourth-order valence-corrected chi connectivity index (χ4v) is 2.09. The molecule has 2 aliphatic heterocycles. The largest absolute Gasteiger partial charge is 0.490 e. The molecule has 0 bridgehead atoms. The van der Waals surface area contributed by atoms with Crippen molar-refractivity contribution in [3.63, 3.8) is 0 Å². The molecule has 0 atom stereocenters. The average Bonchev–Trinajstić information content (AvgIpc) is 2.59. The first kappa shape index (κ1) is 11.6. The number of nitrogens with zero attached hydrogens (tertiary/aromatic N) is 1. The molecule has 16 heavy (non-hydrogen) atoms. The van der Waals surface area contributed by atoms with Gasteiger partial charge in [-0.15, -0.1) is 0 Å². The van der Waals surface area contributed by atoms with E-state index in [-0.39, 0.29) is 5.78 Å². The van der Waals surface area contributed by atoms with E-state index in [0.717, 1.165) is 45.4 Å². The van der Waals surface area contributed by atoms with E-state index in [0.29, 0.717) is 18.9 Å². The maximum Gasteiger partial charge on any atom is 0.210 e. The van der Waals surface area contributed by atoms with Crippen LogP contribution in [0.5, 0.6) is 0 Å². The van der Waals surface area contributed by atoms with Gasteiger partial charge in [0.15, 0.2) is 5.76 Å². The quantitative estimate of drug-likeness (QED) is 0.760. The van der Waals surface area contributed by atoms with Gasteiger partial charge in [-0.3, -0.25) is 9.69 Å². The lowest BCUT2D eigenvalue weighted by atomic mass is 10.2. The first-order chi connectivity index (χ1) is 7.86. The minimum absolute atomic E-state index is 0.140. The lowest BCUT2D eigenvalue weighted by Gasteiger charge is -2.20. The summed E-state index contributed by atoms with van der Waals surface area (Å²) in [5.41, 5.74) is 0. The Balaban J connectivity index is 1.83. The topological polar surface area (TPSA) is 41.6 Å². The Morgan fingerprint density at radius 1 is 1.38 bits per heavy atom. The zero-order chi connectivity index (χ0) is 11.2. The number of carbonyl (C=O) groups excluding carboxylic acids is 1. The lowest BCUT2D eigenvalue weighted by Crippen LogP contribution is -2.34. The molecule has 0 unspecified atom stereocenters. The highest BCUT2D eigenvalue weighted by atomic mass is 16.5. The van der Waals surface area contributed by atoms with Crippen LogP contribution in [0, 0.1) is 0 Å². The van der Waals surface area contributed by atoms with E-state index in [4.69, 9.17) is 4.74 Å². The van der Waals surface area contributed by atoms with E-state index in [9.17, 15) is 4.79 Å². The van der Waals surface area contributed by atoms with E-state index >= 15 is 0 Å². The fourth-order valence-electron chi connectivity index (χ4n) is 2.09. The van der Waals surface area contributed by atoms with Crippen LogP contribution in [0.3, 0.4) is 0 Å². The van der Waals surface area contributed by atoms with Crippen molar-refractivity contribution < 1.29 is 9.53 Å². The third kappa shape index (κ3) is 3.32. The monoisotopic (exact) mass is 224 g/mol. The second-order valence-electron chi connectivity index (χ2n) is 4.36. The molecule has 1 fully saturated rings. The van der Waals surface area contributed by atoms with Gasteiger partial charge in [0.2, 0.25) is 5.78 Å². The van der Waals surface area contributed by atoms with Crippen LogP contribution in [-0.4, -0.2) is 50.0 Å². The Kier molecular flexibility index (Phi) is 4.36. The van der Waals surface area contributed by atoms with Crippen LogP contribution >= 0.6 is 0 Å². The van der Waals surface area contributed by atoms with Gasteiger partial charge < -0.3 is 10.1 Å². The van der Waals surface area contributed by atoms with Crippen molar-refractivity contribution in [1.82, 2.24) is 10.2 Å². The Bertz CT molecular complexity index is 268. The van der Waals surface area contributed by atoms with E-state index < -0.39 is 0 Å². The Morgan fingerprint density at radius 2 is 2.31 bits per heavy atom. The van der Waals surface area contributed by atoms with Crippen molar-refractivity contribution in [2.75, 3.05) is 39.3 Å². The second-order valence-corrected chi connectivity index (χ2v) is 4.36. The number of nitrogens with one attached hydrogen (secondary N) is 1. The Labute approximate surface area is 96.6 Å². The molecule has 0 spiro atoms. The SMILES string of the molecule is O=C(CN1CCCNCC1)C1=CCCCO1. The zero-order valence-electron chi connectivity index (χ0n) is 9.71. The molecule has 2 heterocycles. The number of ketones is 1. The summed E-state index contributed by atoms with van der Waals surface area (Å²) in [5.74, 6) is 0.727. The predicted octanol–water partition coefficient (Wildman–Crippen LogP) is 0.545. The third-order valence-corrected chi connectivity index (χ3v) is 3.01. The van der Waals surface area contributed by atoms with Crippen molar-refractivity contribution in [2.45, 2.75) is 19.3 Å². The molecule has 4 heteroatoms. The number of ether oxygens (including phenoxy) is 1. The second kappa shape index (κ2) is 6.01. The summed E-state index contributed by atoms with van der Waals surface area (Å²) < 4.78 is 5.38. The van der Waals surface area contributed by atoms with Gasteiger partial charge in [0, 0.05) is 13.1 Å². The maximum absolute atomic E-state index is 11.9. The summed E-state index contributed by atoms with van der Waals surface area (Å²) in [7, 11) is 0. The van der Waals surface area contributed by atoms with Gasteiger partial charge in [-0.05, 0) is 38.4 Å². The number of hydrogen-bond acceptors (Lipinski definition) is 4. The molecule has 90 valence electrons. The summed E-state index contributed by atoms with van der Waals surface area (Å²) in [4.78, 5) is 14.1. The third-order valence-electron chi connectivity index (χ3n) is 3.01. The summed E-state index contributed by atoms with van der Waals surface area (Å²) in [5, 5.41) is 3.33. The van der Waals surface area contributed by atoms with Gasteiger partial charge in [0.05, 0.1) is 13.2 Å². The van der Waals surface area contributed by atoms with Crippen LogP contribution in [0.4, 0.5) is 0 Å². The predicted molar refractivity (Wildman–Crippen MR) is 62.2 cm³/mol. The molecule has 1 N–H and O–H groups in total. The van der Waals surface area contributed by atoms with Crippen molar-refractivity contribution in [1.29, 1.82) is 0 Å². The van der Waals surface area contributed by atoms with Gasteiger partial charge >= 0.3 is 0 Å². The summed E-state index contributed by atoms with van der Waals surface area (Å²) in [6, 6.07) is 0. The molecule has 2 rings (SSSR count). The normalized spacial score (nSPS) is 23.1. The van der Waals surface area contributed by atoms with Gasteiger partial charge in [-0.2, -0.15) is 0 Å². The number of allylic oxidation sites excluding steroid dienone is 1. The lowest BCUT2D eigenvalue weighted by molar-refractivity contribution is -0.120. The number of hydrogen-bond donors (Lipinski definition) is 1. The van der Waals surface area contributed by atoms with Gasteiger partial charge in [-0.1, -0.05) is 0 Å². The highest BCUT2D eigenvalue weighted by Crippen LogP contribution is 2.11. The van der Waals surface area contributed by atoms with Gasteiger partial charge in [-0.25, -0.2) is 0 Å². The van der Waals surface area contributed by atoms with Crippen molar-refractivity contribution >= 4 is 5.78 Å². The number of rotatable bonds is 3. The summed E-state index contributed by atoms with van der Waals surface area (Å²) >= 11 is 0. The van der Waals surface area contributed by atoms with Crippen LogP contribution in [0.15, 0.2) is 11.8 Å². The maximum atomic E-state index is 11.9. The van der Waals surface area contributed by atoms with Crippen molar-refractivity contribution in [2.24, 2.45) is 0 Å². The molecule has 0 radical (unpaired) electrons. The van der Waals surface area contributed by atoms with Crippen LogP contribution < -0.4 is 5.32 Å². The molecular weight excluding hydrogens is 204 g/mol. The van der Waals surface area contributed by atoms with Crippen LogP contribution in [0.1, 0.15) is 19.3 Å². The first-order valence-corrected chi connectivity index (χ1v) is 6.15. The fraction of sp³-hybridized carbons (Fsp3) is 0.750. The minimum atomic E-state index is 0.140. The zero-order valence-corrected chi connectivity index (χ0v) is 9.71. The molecular formula is C12H20N2O2. The molecule has 2 aliphatic rings. The molecule has 4 nitrogen and oxygen atoms in total. The van der Waals surface area contributed by atoms with Crippen LogP contribution in [0.25, 0.3) is 0 Å². The minimum Gasteiger partial charge on any atom is -0.490 e.